The van der Waals surface area contributed by atoms with Crippen molar-refractivity contribution < 1.29 is 30.8 Å². The van der Waals surface area contributed by atoms with Gasteiger partial charge < -0.3 is 4.42 Å². The van der Waals surface area contributed by atoms with E-state index in [2.05, 4.69) is 10.1 Å². The Morgan fingerprint density at radius 3 is 2.36 bits per heavy atom. The Balaban J connectivity index is 2.39. The smallest absolute Gasteiger partial charge is 0.433 e. The number of aromatic nitrogens is 3. The summed E-state index contributed by atoms with van der Waals surface area (Å²) in [4.78, 5) is 3.12. The standard InChI is InChI=1S/C16H5F6N5O/c17-15(18,19)11-5-12(16(20,21)22)27-14(25-11)10(7-24)13(26-27)8(6-23)4-9-2-1-3-28-9/h1-5H/b8-4+. The predicted molar refractivity (Wildman–Crippen MR) is 79.9 cm³/mol. The molecule has 6 nitrogen and oxygen atoms in total. The Morgan fingerprint density at radius 1 is 1.14 bits per heavy atom. The van der Waals surface area contributed by atoms with E-state index in [4.69, 9.17) is 4.42 Å². The van der Waals surface area contributed by atoms with Crippen LogP contribution in [-0.4, -0.2) is 14.6 Å². The molecule has 0 unspecified atom stereocenters. The van der Waals surface area contributed by atoms with Gasteiger partial charge in [0.1, 0.15) is 34.8 Å². The Kier molecular flexibility index (Phi) is 4.35. The third-order valence-electron chi connectivity index (χ3n) is 3.49. The number of alkyl halides is 6. The fourth-order valence-corrected chi connectivity index (χ4v) is 2.33. The molecule has 0 saturated heterocycles. The Bertz CT molecular complexity index is 1160. The molecular formula is C16H5F6N5O. The molecule has 0 aromatic carbocycles. The van der Waals surface area contributed by atoms with Gasteiger partial charge in [0.2, 0.25) is 0 Å². The first kappa shape index (κ1) is 19.0. The number of furan rings is 1. The maximum absolute atomic E-state index is 13.3. The average Bonchev–Trinajstić information content (AvgIpc) is 3.23. The van der Waals surface area contributed by atoms with E-state index in [1.165, 1.54) is 24.5 Å². The van der Waals surface area contributed by atoms with E-state index in [0.29, 0.717) is 0 Å². The topological polar surface area (TPSA) is 90.9 Å². The molecule has 0 amide bonds. The molecule has 0 radical (unpaired) electrons. The van der Waals surface area contributed by atoms with Gasteiger partial charge >= 0.3 is 12.4 Å². The van der Waals surface area contributed by atoms with Crippen molar-refractivity contribution in [3.8, 4) is 12.1 Å². The lowest BCUT2D eigenvalue weighted by Gasteiger charge is -2.12. The minimum absolute atomic E-state index is 0.0659. The van der Waals surface area contributed by atoms with Crippen molar-refractivity contribution in [3.05, 3.63) is 52.9 Å². The first-order valence-corrected chi connectivity index (χ1v) is 7.20. The normalized spacial score (nSPS) is 12.8. The molecule has 3 rings (SSSR count). The third kappa shape index (κ3) is 3.27. The molecule has 0 N–H and O–H groups in total. The molecule has 0 aliphatic carbocycles. The number of nitriles is 2. The summed E-state index contributed by atoms with van der Waals surface area (Å²) in [5.41, 5.74) is -6.26. The second kappa shape index (κ2) is 6.42. The molecule has 3 heterocycles. The second-order valence-electron chi connectivity index (χ2n) is 5.28. The van der Waals surface area contributed by atoms with Crippen molar-refractivity contribution in [2.24, 2.45) is 0 Å². The van der Waals surface area contributed by atoms with E-state index in [-0.39, 0.29) is 16.3 Å². The first-order valence-electron chi connectivity index (χ1n) is 7.20. The molecule has 12 heteroatoms. The van der Waals surface area contributed by atoms with Crippen LogP contribution in [0.2, 0.25) is 0 Å². The lowest BCUT2D eigenvalue weighted by molar-refractivity contribution is -0.148. The molecule has 0 atom stereocenters. The van der Waals surface area contributed by atoms with Gasteiger partial charge in [-0.05, 0) is 18.2 Å². The quantitative estimate of drug-likeness (QED) is 0.475. The Labute approximate surface area is 151 Å². The molecule has 0 bridgehead atoms. The van der Waals surface area contributed by atoms with Crippen LogP contribution in [0.3, 0.4) is 0 Å². The van der Waals surface area contributed by atoms with Crippen LogP contribution in [0.25, 0.3) is 17.3 Å². The molecule has 0 fully saturated rings. The zero-order valence-electron chi connectivity index (χ0n) is 13.3. The molecule has 0 saturated carbocycles. The summed E-state index contributed by atoms with van der Waals surface area (Å²) in [6.07, 6.45) is -8.08. The van der Waals surface area contributed by atoms with Crippen LogP contribution in [0, 0.1) is 22.7 Å². The van der Waals surface area contributed by atoms with Gasteiger partial charge in [-0.25, -0.2) is 9.50 Å². The minimum atomic E-state index is -5.23. The van der Waals surface area contributed by atoms with E-state index in [1.807, 2.05) is 0 Å². The minimum Gasteiger partial charge on any atom is -0.465 e. The largest absolute Gasteiger partial charge is 0.465 e. The number of allylic oxidation sites excluding steroid dienone is 1. The Morgan fingerprint density at radius 2 is 1.86 bits per heavy atom. The summed E-state index contributed by atoms with van der Waals surface area (Å²) >= 11 is 0. The van der Waals surface area contributed by atoms with Crippen LogP contribution in [-0.2, 0) is 12.4 Å². The fourth-order valence-electron chi connectivity index (χ4n) is 2.33. The Hall–Kier alpha value is -3.80. The summed E-state index contributed by atoms with van der Waals surface area (Å²) in [6, 6.07) is 5.77. The summed E-state index contributed by atoms with van der Waals surface area (Å²) in [6.45, 7) is 0. The highest BCUT2D eigenvalue weighted by Crippen LogP contribution is 2.36. The molecule has 142 valence electrons. The molecule has 0 spiro atoms. The highest BCUT2D eigenvalue weighted by molar-refractivity contribution is 5.91. The molecule has 28 heavy (non-hydrogen) atoms. The van der Waals surface area contributed by atoms with Crippen LogP contribution in [0.15, 0.2) is 28.9 Å². The van der Waals surface area contributed by atoms with Crippen molar-refractivity contribution in [1.29, 1.82) is 10.5 Å². The number of fused-ring (bicyclic) bond motifs is 1. The van der Waals surface area contributed by atoms with Gasteiger partial charge in [-0.15, -0.1) is 0 Å². The van der Waals surface area contributed by atoms with Crippen LogP contribution in [0.4, 0.5) is 26.3 Å². The summed E-state index contributed by atoms with van der Waals surface area (Å²) in [7, 11) is 0. The molecular weight excluding hydrogens is 392 g/mol. The third-order valence-corrected chi connectivity index (χ3v) is 3.49. The summed E-state index contributed by atoms with van der Waals surface area (Å²) in [5.74, 6) is 0.123. The highest BCUT2D eigenvalue weighted by Gasteiger charge is 2.41. The fraction of sp³-hybridized carbons (Fsp3) is 0.125. The van der Waals surface area contributed by atoms with E-state index in [0.717, 1.165) is 6.08 Å². The van der Waals surface area contributed by atoms with Gasteiger partial charge in [-0.3, -0.25) is 0 Å². The van der Waals surface area contributed by atoms with Crippen molar-refractivity contribution in [2.45, 2.75) is 12.4 Å². The maximum Gasteiger partial charge on any atom is 0.433 e. The number of hydrogen-bond donors (Lipinski definition) is 0. The van der Waals surface area contributed by atoms with Gasteiger partial charge in [0, 0.05) is 6.08 Å². The van der Waals surface area contributed by atoms with E-state index in [9.17, 15) is 36.9 Å². The zero-order valence-corrected chi connectivity index (χ0v) is 13.3. The van der Waals surface area contributed by atoms with Crippen LogP contribution < -0.4 is 0 Å². The van der Waals surface area contributed by atoms with Gasteiger partial charge in [0.05, 0.1) is 11.8 Å². The van der Waals surface area contributed by atoms with Gasteiger partial charge in [0.15, 0.2) is 11.3 Å². The van der Waals surface area contributed by atoms with Crippen molar-refractivity contribution in [1.82, 2.24) is 14.6 Å². The summed E-state index contributed by atoms with van der Waals surface area (Å²) < 4.78 is 83.9. The van der Waals surface area contributed by atoms with Crippen LogP contribution in [0.5, 0.6) is 0 Å². The number of nitrogens with zero attached hydrogens (tertiary/aromatic N) is 5. The molecule has 0 aliphatic rings. The van der Waals surface area contributed by atoms with E-state index in [1.54, 1.807) is 6.07 Å². The van der Waals surface area contributed by atoms with Crippen LogP contribution in [0.1, 0.15) is 28.4 Å². The second-order valence-corrected chi connectivity index (χ2v) is 5.28. The first-order chi connectivity index (χ1) is 13.1. The van der Waals surface area contributed by atoms with Crippen molar-refractivity contribution >= 4 is 17.3 Å². The highest BCUT2D eigenvalue weighted by atomic mass is 19.4. The SMILES string of the molecule is N#C/C(=C\c1ccco1)c1nn2c(C(F)(F)F)cc(C(F)(F)F)nc2c1C#N. The van der Waals surface area contributed by atoms with Gasteiger partial charge in [0.25, 0.3) is 0 Å². The number of hydrogen-bond acceptors (Lipinski definition) is 5. The van der Waals surface area contributed by atoms with Gasteiger partial charge in [-0.2, -0.15) is 42.0 Å². The molecule has 3 aromatic heterocycles. The number of halogens is 6. The molecule has 3 aromatic rings. The zero-order chi connectivity index (χ0) is 20.7. The predicted octanol–water partition coefficient (Wildman–Crippen LogP) is 4.30. The van der Waals surface area contributed by atoms with Crippen molar-refractivity contribution in [3.63, 3.8) is 0 Å². The van der Waals surface area contributed by atoms with Crippen LogP contribution >= 0.6 is 0 Å². The average molecular weight is 397 g/mol. The van der Waals surface area contributed by atoms with Gasteiger partial charge in [-0.1, -0.05) is 0 Å². The molecule has 0 aliphatic heterocycles. The lowest BCUT2D eigenvalue weighted by atomic mass is 10.1. The maximum atomic E-state index is 13.3. The summed E-state index contributed by atoms with van der Waals surface area (Å²) in [5, 5.41) is 22.1. The van der Waals surface area contributed by atoms with E-state index >= 15 is 0 Å². The lowest BCUT2D eigenvalue weighted by Crippen LogP contribution is -2.18. The monoisotopic (exact) mass is 397 g/mol. The van der Waals surface area contributed by atoms with Crippen molar-refractivity contribution in [2.75, 3.05) is 0 Å². The number of rotatable bonds is 2. The van der Waals surface area contributed by atoms with E-state index < -0.39 is 46.2 Å².